The summed E-state index contributed by atoms with van der Waals surface area (Å²) >= 11 is 0. The summed E-state index contributed by atoms with van der Waals surface area (Å²) in [5.74, 6) is -0.982. The van der Waals surface area contributed by atoms with Crippen LogP contribution in [0.25, 0.3) is 0 Å². The van der Waals surface area contributed by atoms with E-state index in [4.69, 9.17) is 18.6 Å². The highest BCUT2D eigenvalue weighted by Gasteiger charge is 2.33. The monoisotopic (exact) mass is 250 g/mol. The van der Waals surface area contributed by atoms with Crippen molar-refractivity contribution in [1.82, 2.24) is 0 Å². The smallest absolute Gasteiger partial charge is 0.306 e. The average Bonchev–Trinajstić information content (AvgIpc) is 2.31. The lowest BCUT2D eigenvalue weighted by Gasteiger charge is -2.32. The Bertz CT molecular complexity index is 133. The van der Waals surface area contributed by atoms with Gasteiger partial charge < -0.3 is 18.6 Å². The van der Waals surface area contributed by atoms with E-state index in [2.05, 4.69) is 20.8 Å². The van der Waals surface area contributed by atoms with Crippen LogP contribution in [0.5, 0.6) is 0 Å². The molecule has 0 bridgehead atoms. The lowest BCUT2D eigenvalue weighted by molar-refractivity contribution is -0.388. The third-order valence-electron chi connectivity index (χ3n) is 1.90. The van der Waals surface area contributed by atoms with Crippen molar-refractivity contribution in [3.63, 3.8) is 0 Å². The summed E-state index contributed by atoms with van der Waals surface area (Å²) in [5.41, 5.74) is 0. The summed E-state index contributed by atoms with van der Waals surface area (Å²) in [6.07, 6.45) is 2.82. The second kappa shape index (κ2) is 10.2. The van der Waals surface area contributed by atoms with Gasteiger partial charge in [0.1, 0.15) is 17.1 Å². The highest BCUT2D eigenvalue weighted by Crippen LogP contribution is 2.17. The van der Waals surface area contributed by atoms with Gasteiger partial charge in [-0.15, -0.1) is 0 Å². The molecule has 0 aliphatic heterocycles. The van der Waals surface area contributed by atoms with Gasteiger partial charge in [0.15, 0.2) is 0 Å². The molecule has 0 N–H and O–H groups in total. The van der Waals surface area contributed by atoms with Gasteiger partial charge in [-0.2, -0.15) is 0 Å². The summed E-state index contributed by atoms with van der Waals surface area (Å²) in [4.78, 5) is 0. The van der Waals surface area contributed by atoms with E-state index in [1.807, 2.05) is 0 Å². The average molecular weight is 250 g/mol. The third kappa shape index (κ3) is 6.60. The van der Waals surface area contributed by atoms with Crippen LogP contribution in [0.1, 0.15) is 40.0 Å². The number of hydrogen-bond acceptors (Lipinski definition) is 4. The Morgan fingerprint density at radius 3 is 1.44 bits per heavy atom. The van der Waals surface area contributed by atoms with Crippen LogP contribution in [-0.4, -0.2) is 42.9 Å². The Kier molecular flexibility index (Phi) is 10.3. The molecule has 0 aromatic rings. The fourth-order valence-corrected chi connectivity index (χ4v) is 1.55. The molecule has 0 rings (SSSR count). The van der Waals surface area contributed by atoms with E-state index in [1.54, 1.807) is 0 Å². The Morgan fingerprint density at radius 2 is 1.19 bits per heavy atom. The zero-order chi connectivity index (χ0) is 12.3. The van der Waals surface area contributed by atoms with Crippen LogP contribution in [0.4, 0.5) is 0 Å². The Balaban J connectivity index is 4.32. The summed E-state index contributed by atoms with van der Waals surface area (Å²) in [5, 5.41) is 0. The van der Waals surface area contributed by atoms with Crippen LogP contribution in [0.15, 0.2) is 0 Å². The molecule has 0 aromatic heterocycles. The molecule has 0 unspecified atom stereocenters. The summed E-state index contributed by atoms with van der Waals surface area (Å²) in [6.45, 7) is 8.41. The first-order valence-corrected chi connectivity index (χ1v) is 6.97. The van der Waals surface area contributed by atoms with Crippen molar-refractivity contribution in [2.45, 2.75) is 46.0 Å². The van der Waals surface area contributed by atoms with Crippen LogP contribution in [0.3, 0.4) is 0 Å². The maximum absolute atomic E-state index is 5.68. The van der Waals surface area contributed by atoms with E-state index < -0.39 is 5.97 Å². The van der Waals surface area contributed by atoms with E-state index in [0.717, 1.165) is 19.3 Å². The summed E-state index contributed by atoms with van der Waals surface area (Å²) < 4.78 is 22.3. The molecule has 16 heavy (non-hydrogen) atoms. The van der Waals surface area contributed by atoms with Crippen molar-refractivity contribution in [2.24, 2.45) is 0 Å². The fraction of sp³-hybridized carbons (Fsp3) is 1.00. The molecule has 0 amide bonds. The van der Waals surface area contributed by atoms with Crippen molar-refractivity contribution >= 4 is 10.5 Å². The first kappa shape index (κ1) is 16.1. The Labute approximate surface area is 102 Å². The maximum Gasteiger partial charge on any atom is 0.306 e. The minimum atomic E-state index is -0.982. The molecule has 0 aliphatic carbocycles. The Hall–Kier alpha value is 0.0569. The highest BCUT2D eigenvalue weighted by atomic mass is 28.2. The zero-order valence-electron chi connectivity index (χ0n) is 11.1. The van der Waals surface area contributed by atoms with Crippen molar-refractivity contribution in [1.29, 1.82) is 0 Å². The molecule has 0 saturated heterocycles. The Morgan fingerprint density at radius 1 is 0.812 bits per heavy atom. The molecule has 5 heteroatoms. The van der Waals surface area contributed by atoms with Crippen LogP contribution >= 0.6 is 0 Å². The molecule has 98 valence electrons. The fourth-order valence-electron chi connectivity index (χ4n) is 1.20. The van der Waals surface area contributed by atoms with Crippen molar-refractivity contribution in [3.8, 4) is 0 Å². The number of rotatable bonds is 11. The largest absolute Gasteiger partial charge is 0.420 e. The molecular formula is C11H26O4Si. The van der Waals surface area contributed by atoms with Crippen molar-refractivity contribution in [2.75, 3.05) is 26.4 Å². The topological polar surface area (TPSA) is 36.9 Å². The minimum absolute atomic E-state index is 0.360. The van der Waals surface area contributed by atoms with Crippen molar-refractivity contribution < 1.29 is 18.6 Å². The lowest BCUT2D eigenvalue weighted by Crippen LogP contribution is -2.44. The van der Waals surface area contributed by atoms with Gasteiger partial charge in [0, 0.05) is 0 Å². The predicted molar refractivity (Wildman–Crippen MR) is 67.4 cm³/mol. The molecule has 0 radical (unpaired) electrons. The lowest BCUT2D eigenvalue weighted by atomic mass is 10.4. The maximum atomic E-state index is 5.68. The normalized spacial score (nSPS) is 12.2. The van der Waals surface area contributed by atoms with Crippen LogP contribution < -0.4 is 0 Å². The molecular weight excluding hydrogens is 224 g/mol. The molecule has 0 aliphatic rings. The van der Waals surface area contributed by atoms with E-state index in [9.17, 15) is 0 Å². The van der Waals surface area contributed by atoms with Gasteiger partial charge in [0.2, 0.25) is 0 Å². The van der Waals surface area contributed by atoms with Gasteiger partial charge in [-0.1, -0.05) is 20.8 Å². The summed E-state index contributed by atoms with van der Waals surface area (Å²) in [6, 6.07) is 0. The van der Waals surface area contributed by atoms with Crippen molar-refractivity contribution in [3.05, 3.63) is 0 Å². The molecule has 0 spiro atoms. The third-order valence-corrected chi connectivity index (χ3v) is 2.19. The molecule has 0 aromatic carbocycles. The van der Waals surface area contributed by atoms with Gasteiger partial charge in [-0.25, -0.2) is 0 Å². The van der Waals surface area contributed by atoms with E-state index in [-0.39, 0.29) is 0 Å². The second-order valence-electron chi connectivity index (χ2n) is 3.66. The molecule has 0 heterocycles. The quantitative estimate of drug-likeness (QED) is 0.408. The van der Waals surface area contributed by atoms with E-state index in [0.29, 0.717) is 36.9 Å². The standard InChI is InChI=1S/C11H26O4Si/c1-4-7-12-11(10-15-16,13-8-5-2)14-9-6-3/h4-10H2,1-3,16H3. The van der Waals surface area contributed by atoms with E-state index in [1.165, 1.54) is 0 Å². The summed E-state index contributed by atoms with van der Waals surface area (Å²) in [7, 11) is 0.656. The van der Waals surface area contributed by atoms with Gasteiger partial charge in [-0.3, -0.25) is 0 Å². The van der Waals surface area contributed by atoms with Gasteiger partial charge in [-0.05, 0) is 19.3 Å². The predicted octanol–water partition coefficient (Wildman–Crippen LogP) is 1.22. The number of hydrogen-bond donors (Lipinski definition) is 0. The van der Waals surface area contributed by atoms with Crippen LogP contribution in [0, 0.1) is 0 Å². The highest BCUT2D eigenvalue weighted by molar-refractivity contribution is 5.97. The molecule has 0 fully saturated rings. The van der Waals surface area contributed by atoms with Crippen LogP contribution in [0.2, 0.25) is 0 Å². The SMILES string of the molecule is CCCOC(CO[SiH3])(OCCC)OCCC. The van der Waals surface area contributed by atoms with Crippen LogP contribution in [-0.2, 0) is 18.6 Å². The first-order chi connectivity index (χ1) is 7.74. The van der Waals surface area contributed by atoms with Gasteiger partial charge in [0.05, 0.1) is 19.8 Å². The number of ether oxygens (including phenoxy) is 3. The first-order valence-electron chi connectivity index (χ1n) is 6.15. The van der Waals surface area contributed by atoms with E-state index >= 15 is 0 Å². The minimum Gasteiger partial charge on any atom is -0.420 e. The molecule has 0 atom stereocenters. The molecule has 4 nitrogen and oxygen atoms in total. The zero-order valence-corrected chi connectivity index (χ0v) is 13.1. The molecule has 0 saturated carbocycles. The van der Waals surface area contributed by atoms with Gasteiger partial charge >= 0.3 is 5.97 Å². The second-order valence-corrected chi connectivity index (χ2v) is 4.24. The van der Waals surface area contributed by atoms with Gasteiger partial charge in [0.25, 0.3) is 0 Å².